The third-order valence-corrected chi connectivity index (χ3v) is 3.68. The van der Waals surface area contributed by atoms with Gasteiger partial charge in [-0.2, -0.15) is 0 Å². The van der Waals surface area contributed by atoms with Crippen molar-refractivity contribution >= 4 is 12.0 Å². The fraction of sp³-hybridized carbons (Fsp3) is 0.471. The second-order valence-corrected chi connectivity index (χ2v) is 4.94. The molecule has 4 nitrogen and oxygen atoms in total. The van der Waals surface area contributed by atoms with Crippen LogP contribution in [0.15, 0.2) is 30.3 Å². The number of carbonyl (C=O) groups is 1. The van der Waals surface area contributed by atoms with Gasteiger partial charge in [0.05, 0.1) is 18.8 Å². The Kier molecular flexibility index (Phi) is 6.96. The quantitative estimate of drug-likeness (QED) is 0.724. The predicted molar refractivity (Wildman–Crippen MR) is 85.2 cm³/mol. The maximum absolute atomic E-state index is 12.0. The van der Waals surface area contributed by atoms with Gasteiger partial charge in [-0.15, -0.1) is 0 Å². The molecule has 0 bridgehead atoms. The van der Waals surface area contributed by atoms with Crippen molar-refractivity contribution in [2.24, 2.45) is 0 Å². The van der Waals surface area contributed by atoms with Crippen molar-refractivity contribution in [3.63, 3.8) is 0 Å². The van der Waals surface area contributed by atoms with Crippen LogP contribution < -0.4 is 10.1 Å². The SMILES string of the molecule is CCOc1ccccc1C=CC(=O)NC(CC)(CC)CO. The molecule has 1 aromatic rings. The summed E-state index contributed by atoms with van der Waals surface area (Å²) in [5, 5.41) is 12.4. The summed E-state index contributed by atoms with van der Waals surface area (Å²) in [5.41, 5.74) is 0.318. The minimum absolute atomic E-state index is 0.0604. The zero-order chi connectivity index (χ0) is 15.7. The summed E-state index contributed by atoms with van der Waals surface area (Å²) < 4.78 is 5.51. The summed E-state index contributed by atoms with van der Waals surface area (Å²) in [5.74, 6) is 0.544. The number of rotatable bonds is 8. The number of nitrogens with one attached hydrogen (secondary N) is 1. The highest BCUT2D eigenvalue weighted by atomic mass is 16.5. The van der Waals surface area contributed by atoms with Crippen LogP contribution in [-0.4, -0.2) is 29.8 Å². The summed E-state index contributed by atoms with van der Waals surface area (Å²) in [4.78, 5) is 12.0. The van der Waals surface area contributed by atoms with E-state index in [2.05, 4.69) is 5.32 Å². The first-order valence-electron chi connectivity index (χ1n) is 7.43. The highest BCUT2D eigenvalue weighted by Gasteiger charge is 2.26. The molecule has 0 heterocycles. The van der Waals surface area contributed by atoms with Gasteiger partial charge in [0, 0.05) is 11.6 Å². The number of aliphatic hydroxyl groups is 1. The molecule has 0 aliphatic carbocycles. The molecule has 0 aromatic heterocycles. The lowest BCUT2D eigenvalue weighted by Gasteiger charge is -2.30. The zero-order valence-corrected chi connectivity index (χ0v) is 13.1. The van der Waals surface area contributed by atoms with Gasteiger partial charge in [0.2, 0.25) is 5.91 Å². The Morgan fingerprint density at radius 3 is 2.52 bits per heavy atom. The number of carbonyl (C=O) groups excluding carboxylic acids is 1. The second-order valence-electron chi connectivity index (χ2n) is 4.94. The van der Waals surface area contributed by atoms with Crippen LogP contribution in [-0.2, 0) is 4.79 Å². The molecule has 0 saturated heterocycles. The molecule has 1 amide bonds. The van der Waals surface area contributed by atoms with E-state index in [9.17, 15) is 9.90 Å². The van der Waals surface area contributed by atoms with Crippen molar-refractivity contribution in [1.29, 1.82) is 0 Å². The first-order chi connectivity index (χ1) is 10.1. The topological polar surface area (TPSA) is 58.6 Å². The zero-order valence-electron chi connectivity index (χ0n) is 13.1. The fourth-order valence-corrected chi connectivity index (χ4v) is 2.06. The van der Waals surface area contributed by atoms with Gasteiger partial charge in [0.15, 0.2) is 0 Å². The molecule has 2 N–H and O–H groups in total. The van der Waals surface area contributed by atoms with Crippen LogP contribution >= 0.6 is 0 Å². The van der Waals surface area contributed by atoms with Gasteiger partial charge in [-0.3, -0.25) is 4.79 Å². The smallest absolute Gasteiger partial charge is 0.244 e. The van der Waals surface area contributed by atoms with Crippen molar-refractivity contribution in [1.82, 2.24) is 5.32 Å². The largest absolute Gasteiger partial charge is 0.493 e. The van der Waals surface area contributed by atoms with Gasteiger partial charge in [-0.25, -0.2) is 0 Å². The molecule has 1 rings (SSSR count). The molecule has 116 valence electrons. The van der Waals surface area contributed by atoms with Gasteiger partial charge in [0.25, 0.3) is 0 Å². The maximum atomic E-state index is 12.0. The molecule has 0 aliphatic rings. The van der Waals surface area contributed by atoms with E-state index in [1.165, 1.54) is 6.08 Å². The third kappa shape index (κ3) is 4.90. The fourth-order valence-electron chi connectivity index (χ4n) is 2.06. The number of benzene rings is 1. The first kappa shape index (κ1) is 17.2. The van der Waals surface area contributed by atoms with Gasteiger partial charge in [0.1, 0.15) is 5.75 Å². The predicted octanol–water partition coefficient (Wildman–Crippen LogP) is 2.77. The van der Waals surface area contributed by atoms with Crippen LogP contribution in [0.4, 0.5) is 0 Å². The Bertz CT molecular complexity index is 470. The van der Waals surface area contributed by atoms with Crippen LogP contribution in [0.3, 0.4) is 0 Å². The van der Waals surface area contributed by atoms with Gasteiger partial charge in [-0.1, -0.05) is 32.0 Å². The lowest BCUT2D eigenvalue weighted by molar-refractivity contribution is -0.119. The molecule has 1 aromatic carbocycles. The minimum atomic E-state index is -0.541. The molecular weight excluding hydrogens is 266 g/mol. The van der Waals surface area contributed by atoms with E-state index in [-0.39, 0.29) is 12.5 Å². The Labute approximate surface area is 126 Å². The van der Waals surface area contributed by atoms with Crippen LogP contribution in [0.2, 0.25) is 0 Å². The monoisotopic (exact) mass is 291 g/mol. The number of ether oxygens (including phenoxy) is 1. The highest BCUT2D eigenvalue weighted by Crippen LogP contribution is 2.19. The molecule has 21 heavy (non-hydrogen) atoms. The summed E-state index contributed by atoms with van der Waals surface area (Å²) in [7, 11) is 0. The Morgan fingerprint density at radius 1 is 1.29 bits per heavy atom. The second kappa shape index (κ2) is 8.47. The van der Waals surface area contributed by atoms with Crippen molar-refractivity contribution in [2.75, 3.05) is 13.2 Å². The van der Waals surface area contributed by atoms with Crippen LogP contribution in [0.5, 0.6) is 5.75 Å². The van der Waals surface area contributed by atoms with Gasteiger partial charge < -0.3 is 15.2 Å². The van der Waals surface area contributed by atoms with E-state index in [1.807, 2.05) is 45.0 Å². The Hall–Kier alpha value is -1.81. The van der Waals surface area contributed by atoms with Crippen molar-refractivity contribution in [3.8, 4) is 5.75 Å². The number of amides is 1. The highest BCUT2D eigenvalue weighted by molar-refractivity contribution is 5.92. The molecule has 0 aliphatic heterocycles. The van der Waals surface area contributed by atoms with Gasteiger partial charge in [-0.05, 0) is 31.9 Å². The van der Waals surface area contributed by atoms with Gasteiger partial charge >= 0.3 is 0 Å². The van der Waals surface area contributed by atoms with E-state index in [0.717, 1.165) is 11.3 Å². The summed E-state index contributed by atoms with van der Waals surface area (Å²) in [6, 6.07) is 7.56. The summed E-state index contributed by atoms with van der Waals surface area (Å²) in [6.45, 7) is 6.35. The van der Waals surface area contributed by atoms with E-state index in [1.54, 1.807) is 6.08 Å². The maximum Gasteiger partial charge on any atom is 0.244 e. The first-order valence-corrected chi connectivity index (χ1v) is 7.43. The van der Waals surface area contributed by atoms with Crippen LogP contribution in [0, 0.1) is 0 Å². The Balaban J connectivity index is 2.79. The van der Waals surface area contributed by atoms with E-state index < -0.39 is 5.54 Å². The molecular formula is C17H25NO3. The third-order valence-electron chi connectivity index (χ3n) is 3.68. The van der Waals surface area contributed by atoms with E-state index >= 15 is 0 Å². The van der Waals surface area contributed by atoms with Crippen molar-refractivity contribution < 1.29 is 14.6 Å². The number of hydrogen-bond acceptors (Lipinski definition) is 3. The minimum Gasteiger partial charge on any atom is -0.493 e. The molecule has 0 unspecified atom stereocenters. The number of hydrogen-bond donors (Lipinski definition) is 2. The van der Waals surface area contributed by atoms with Crippen molar-refractivity contribution in [2.45, 2.75) is 39.2 Å². The number of aliphatic hydroxyl groups excluding tert-OH is 1. The molecule has 4 heteroatoms. The number of para-hydroxylation sites is 1. The lowest BCUT2D eigenvalue weighted by atomic mass is 9.94. The van der Waals surface area contributed by atoms with Crippen molar-refractivity contribution in [3.05, 3.63) is 35.9 Å². The summed E-state index contributed by atoms with van der Waals surface area (Å²) >= 11 is 0. The van der Waals surface area contributed by atoms with E-state index in [4.69, 9.17) is 4.74 Å². The van der Waals surface area contributed by atoms with Crippen LogP contribution in [0.25, 0.3) is 6.08 Å². The Morgan fingerprint density at radius 2 is 1.95 bits per heavy atom. The summed E-state index contributed by atoms with van der Waals surface area (Å²) in [6.07, 6.45) is 4.59. The molecule has 0 saturated carbocycles. The van der Waals surface area contributed by atoms with Crippen LogP contribution in [0.1, 0.15) is 39.2 Å². The molecule has 0 atom stereocenters. The standard InChI is InChI=1S/C17H25NO3/c1-4-17(5-2,13-19)18-16(20)12-11-14-9-7-8-10-15(14)21-6-3/h7-12,19H,4-6,13H2,1-3H3,(H,18,20). The normalized spacial score (nSPS) is 11.6. The average Bonchev–Trinajstić information content (AvgIpc) is 2.52. The molecule has 0 fully saturated rings. The molecule has 0 spiro atoms. The van der Waals surface area contributed by atoms with E-state index in [0.29, 0.717) is 19.4 Å². The average molecular weight is 291 g/mol. The lowest BCUT2D eigenvalue weighted by Crippen LogP contribution is -2.49. The molecule has 0 radical (unpaired) electrons.